The molecule has 10 nitrogen and oxygen atoms in total. The van der Waals surface area contributed by atoms with Crippen LogP contribution in [-0.2, 0) is 0 Å². The van der Waals surface area contributed by atoms with E-state index in [0.717, 1.165) is 27.9 Å². The van der Waals surface area contributed by atoms with E-state index < -0.39 is 6.10 Å². The van der Waals surface area contributed by atoms with Gasteiger partial charge in [-0.25, -0.2) is 19.5 Å². The van der Waals surface area contributed by atoms with Crippen LogP contribution in [0.25, 0.3) is 16.6 Å². The number of aliphatic hydroxyl groups is 2. The van der Waals surface area contributed by atoms with Gasteiger partial charge < -0.3 is 25.0 Å². The largest absolute Gasteiger partial charge is 0.491 e. The zero-order valence-electron chi connectivity index (χ0n) is 18.3. The SMILES string of the molecule is Cc1cc(Nc2ncnc3ccc(OC[C@H](O)CO)cc23)ccc1Oc1ccn2ncnc2c1. The highest BCUT2D eigenvalue weighted by Gasteiger charge is 2.10. The van der Waals surface area contributed by atoms with Crippen molar-refractivity contribution in [3.8, 4) is 17.2 Å². The van der Waals surface area contributed by atoms with E-state index in [1.807, 2.05) is 43.3 Å². The summed E-state index contributed by atoms with van der Waals surface area (Å²) in [5.41, 5.74) is 3.22. The molecule has 5 aromatic rings. The molecule has 0 aliphatic heterocycles. The Balaban J connectivity index is 1.36. The molecule has 172 valence electrons. The lowest BCUT2D eigenvalue weighted by Crippen LogP contribution is -2.21. The number of aryl methyl sites for hydroxylation is 1. The van der Waals surface area contributed by atoms with Crippen LogP contribution < -0.4 is 14.8 Å². The molecule has 2 aromatic carbocycles. The van der Waals surface area contributed by atoms with Gasteiger partial charge in [-0.05, 0) is 55.0 Å². The van der Waals surface area contributed by atoms with E-state index in [1.54, 1.807) is 22.8 Å². The van der Waals surface area contributed by atoms with Crippen molar-refractivity contribution >= 4 is 28.1 Å². The summed E-state index contributed by atoms with van der Waals surface area (Å²) in [5.74, 6) is 2.55. The first-order valence-electron chi connectivity index (χ1n) is 10.6. The minimum Gasteiger partial charge on any atom is -0.491 e. The third-order valence-electron chi connectivity index (χ3n) is 5.18. The topological polar surface area (TPSA) is 127 Å². The van der Waals surface area contributed by atoms with E-state index in [9.17, 15) is 5.11 Å². The molecule has 0 saturated carbocycles. The van der Waals surface area contributed by atoms with Gasteiger partial charge in [0.05, 0.1) is 12.1 Å². The molecule has 3 aromatic heterocycles. The van der Waals surface area contributed by atoms with Crippen molar-refractivity contribution in [1.29, 1.82) is 0 Å². The fourth-order valence-corrected chi connectivity index (χ4v) is 3.44. The number of nitrogens with one attached hydrogen (secondary N) is 1. The van der Waals surface area contributed by atoms with Gasteiger partial charge in [-0.15, -0.1) is 0 Å². The predicted molar refractivity (Wildman–Crippen MR) is 126 cm³/mol. The van der Waals surface area contributed by atoms with Crippen LogP contribution in [0.4, 0.5) is 11.5 Å². The van der Waals surface area contributed by atoms with Crippen molar-refractivity contribution in [2.24, 2.45) is 0 Å². The van der Waals surface area contributed by atoms with Gasteiger partial charge in [-0.3, -0.25) is 0 Å². The monoisotopic (exact) mass is 458 g/mol. The van der Waals surface area contributed by atoms with E-state index in [2.05, 4.69) is 25.4 Å². The van der Waals surface area contributed by atoms with Crippen LogP contribution in [0.15, 0.2) is 67.4 Å². The van der Waals surface area contributed by atoms with Crippen LogP contribution >= 0.6 is 0 Å². The van der Waals surface area contributed by atoms with E-state index >= 15 is 0 Å². The first-order chi connectivity index (χ1) is 16.6. The van der Waals surface area contributed by atoms with Crippen LogP contribution in [-0.4, -0.2) is 54.1 Å². The van der Waals surface area contributed by atoms with Gasteiger partial charge in [-0.2, -0.15) is 5.10 Å². The number of pyridine rings is 1. The molecule has 0 bridgehead atoms. The van der Waals surface area contributed by atoms with Crippen LogP contribution in [0.5, 0.6) is 17.2 Å². The Labute approximate surface area is 194 Å². The number of hydrogen-bond donors (Lipinski definition) is 3. The molecule has 0 spiro atoms. The number of aliphatic hydroxyl groups excluding tert-OH is 2. The first-order valence-corrected chi connectivity index (χ1v) is 10.6. The maximum atomic E-state index is 9.53. The summed E-state index contributed by atoms with van der Waals surface area (Å²) in [6, 6.07) is 14.8. The van der Waals surface area contributed by atoms with Gasteiger partial charge >= 0.3 is 0 Å². The lowest BCUT2D eigenvalue weighted by atomic mass is 10.2. The Morgan fingerprint density at radius 2 is 1.91 bits per heavy atom. The van der Waals surface area contributed by atoms with Gasteiger partial charge in [0.2, 0.25) is 0 Å². The molecule has 0 unspecified atom stereocenters. The lowest BCUT2D eigenvalue weighted by Gasteiger charge is -2.14. The van der Waals surface area contributed by atoms with Crippen LogP contribution in [0.2, 0.25) is 0 Å². The van der Waals surface area contributed by atoms with Crippen molar-refractivity contribution in [3.05, 3.63) is 72.9 Å². The zero-order chi connectivity index (χ0) is 23.5. The number of hydrogen-bond acceptors (Lipinski definition) is 9. The van der Waals surface area contributed by atoms with E-state index in [0.29, 0.717) is 23.0 Å². The maximum Gasteiger partial charge on any atom is 0.158 e. The quantitative estimate of drug-likeness (QED) is 0.321. The lowest BCUT2D eigenvalue weighted by molar-refractivity contribution is 0.0536. The summed E-state index contributed by atoms with van der Waals surface area (Å²) in [4.78, 5) is 12.9. The zero-order valence-corrected chi connectivity index (χ0v) is 18.3. The first kappa shape index (κ1) is 21.6. The van der Waals surface area contributed by atoms with Crippen LogP contribution in [0, 0.1) is 6.92 Å². The molecular weight excluding hydrogens is 436 g/mol. The summed E-state index contributed by atoms with van der Waals surface area (Å²) < 4.78 is 13.3. The van der Waals surface area contributed by atoms with Crippen LogP contribution in [0.1, 0.15) is 5.56 Å². The van der Waals surface area contributed by atoms with Crippen LogP contribution in [0.3, 0.4) is 0 Å². The summed E-state index contributed by atoms with van der Waals surface area (Å²) in [7, 11) is 0. The van der Waals surface area contributed by atoms with Crippen molar-refractivity contribution in [2.75, 3.05) is 18.5 Å². The second-order valence-corrected chi connectivity index (χ2v) is 7.68. The van der Waals surface area contributed by atoms with Gasteiger partial charge in [-0.1, -0.05) is 0 Å². The summed E-state index contributed by atoms with van der Waals surface area (Å²) in [6.07, 6.45) is 3.84. The second-order valence-electron chi connectivity index (χ2n) is 7.68. The highest BCUT2D eigenvalue weighted by atomic mass is 16.5. The van der Waals surface area contributed by atoms with E-state index in [1.165, 1.54) is 12.7 Å². The minimum atomic E-state index is -0.942. The summed E-state index contributed by atoms with van der Waals surface area (Å²) in [5, 5.41) is 26.7. The molecule has 0 saturated heterocycles. The summed E-state index contributed by atoms with van der Waals surface area (Å²) in [6.45, 7) is 1.59. The smallest absolute Gasteiger partial charge is 0.158 e. The normalized spacial score (nSPS) is 12.1. The van der Waals surface area contributed by atoms with E-state index in [-0.39, 0.29) is 13.2 Å². The number of anilines is 2. The summed E-state index contributed by atoms with van der Waals surface area (Å²) >= 11 is 0. The molecule has 10 heteroatoms. The number of aromatic nitrogens is 5. The molecule has 3 N–H and O–H groups in total. The Hall–Kier alpha value is -4.28. The number of benzene rings is 2. The fraction of sp³-hybridized carbons (Fsp3) is 0.167. The molecular formula is C24H22N6O4. The van der Waals surface area contributed by atoms with Gasteiger partial charge in [0, 0.05) is 23.3 Å². The van der Waals surface area contributed by atoms with Crippen molar-refractivity contribution < 1.29 is 19.7 Å². The van der Waals surface area contributed by atoms with Gasteiger partial charge in [0.1, 0.15) is 48.4 Å². The standard InChI is InChI=1S/C24H22N6O4/c1-15-8-16(2-5-22(15)34-19-6-7-30-23(10-19)26-14-28-30)29-24-20-9-18(33-12-17(32)11-31)3-4-21(20)25-13-27-24/h2-10,13-14,17,31-32H,11-12H2,1H3,(H,25,27,29)/t17-/m1/s1. The minimum absolute atomic E-state index is 0.0108. The predicted octanol–water partition coefficient (Wildman–Crippen LogP) is 3.25. The Morgan fingerprint density at radius 3 is 2.76 bits per heavy atom. The third kappa shape index (κ3) is 4.58. The average molecular weight is 458 g/mol. The highest BCUT2D eigenvalue weighted by molar-refractivity contribution is 5.91. The van der Waals surface area contributed by atoms with Crippen molar-refractivity contribution in [1.82, 2.24) is 24.6 Å². The Kier molecular flexibility index (Phi) is 5.90. The molecule has 5 rings (SSSR count). The average Bonchev–Trinajstić information content (AvgIpc) is 3.32. The van der Waals surface area contributed by atoms with Gasteiger partial charge in [0.15, 0.2) is 5.65 Å². The van der Waals surface area contributed by atoms with Crippen molar-refractivity contribution in [3.63, 3.8) is 0 Å². The van der Waals surface area contributed by atoms with Gasteiger partial charge in [0.25, 0.3) is 0 Å². The number of nitrogens with zero attached hydrogens (tertiary/aromatic N) is 5. The van der Waals surface area contributed by atoms with Crippen molar-refractivity contribution in [2.45, 2.75) is 13.0 Å². The fourth-order valence-electron chi connectivity index (χ4n) is 3.44. The molecule has 0 radical (unpaired) electrons. The molecule has 0 amide bonds. The Bertz CT molecular complexity index is 1450. The second kappa shape index (κ2) is 9.30. The molecule has 0 fully saturated rings. The third-order valence-corrected chi connectivity index (χ3v) is 5.18. The molecule has 0 aliphatic carbocycles. The molecule has 0 aliphatic rings. The molecule has 34 heavy (non-hydrogen) atoms. The number of ether oxygens (including phenoxy) is 2. The maximum absolute atomic E-state index is 9.53. The van der Waals surface area contributed by atoms with E-state index in [4.69, 9.17) is 14.6 Å². The Morgan fingerprint density at radius 1 is 1.00 bits per heavy atom. The molecule has 3 heterocycles. The molecule has 1 atom stereocenters. The number of rotatable bonds is 8. The number of fused-ring (bicyclic) bond motifs is 2. The highest BCUT2D eigenvalue weighted by Crippen LogP contribution is 2.31.